The fourth-order valence-electron chi connectivity index (χ4n) is 4.61. The van der Waals surface area contributed by atoms with Crippen molar-refractivity contribution < 1.29 is 0 Å². The summed E-state index contributed by atoms with van der Waals surface area (Å²) in [5, 5.41) is 5.51. The van der Waals surface area contributed by atoms with Gasteiger partial charge < -0.3 is 0 Å². The molecule has 0 amide bonds. The van der Waals surface area contributed by atoms with Crippen LogP contribution in [0.4, 0.5) is 0 Å². The summed E-state index contributed by atoms with van der Waals surface area (Å²) in [6.07, 6.45) is 2.85. The van der Waals surface area contributed by atoms with Gasteiger partial charge in [-0.1, -0.05) is 0 Å². The van der Waals surface area contributed by atoms with Crippen LogP contribution in [0.25, 0.3) is 41.5 Å². The number of aromatic nitrogens is 2. The van der Waals surface area contributed by atoms with Crippen LogP contribution >= 0.6 is 0 Å². The molecular formula is C28H30N2SeSi. The molecule has 162 valence electrons. The van der Waals surface area contributed by atoms with Gasteiger partial charge in [0, 0.05) is 0 Å². The summed E-state index contributed by atoms with van der Waals surface area (Å²) in [4.78, 5) is 9.57. The molecule has 0 atom stereocenters. The first-order valence-electron chi connectivity index (χ1n) is 11.3. The molecule has 3 aromatic carbocycles. The molecule has 0 saturated carbocycles. The topological polar surface area (TPSA) is 25.8 Å². The summed E-state index contributed by atoms with van der Waals surface area (Å²) in [5.41, 5.74) is 5.20. The molecule has 2 aromatic heterocycles. The maximum absolute atomic E-state index is 4.84. The first-order chi connectivity index (χ1) is 15.1. The van der Waals surface area contributed by atoms with E-state index in [2.05, 4.69) is 95.0 Å². The molecule has 0 N–H and O–H groups in total. The summed E-state index contributed by atoms with van der Waals surface area (Å²) in [5.74, 6) is 0. The standard InChI is InChI=1S/C28H30N2SeSi/c1-28(2,3)16-18-11-12-22-23(13-18)31-27-25(29-17-30-26(22)27)20-14-19-9-7-8-10-21(19)24(15-20)32(4,5)6/h7-15,17H,16H2,1-6H3. The molecular weight excluding hydrogens is 471 g/mol. The average molecular weight is 502 g/mol. The van der Waals surface area contributed by atoms with Crippen molar-refractivity contribution in [2.75, 3.05) is 0 Å². The van der Waals surface area contributed by atoms with Crippen LogP contribution in [0, 0.1) is 5.41 Å². The zero-order chi connectivity index (χ0) is 22.7. The molecule has 5 rings (SSSR count). The Labute approximate surface area is 197 Å². The van der Waals surface area contributed by atoms with Crippen molar-refractivity contribution in [2.24, 2.45) is 5.41 Å². The third kappa shape index (κ3) is 3.96. The monoisotopic (exact) mass is 502 g/mol. The van der Waals surface area contributed by atoms with E-state index in [1.54, 1.807) is 6.33 Å². The normalized spacial score (nSPS) is 12.8. The molecule has 2 heterocycles. The van der Waals surface area contributed by atoms with Crippen LogP contribution in [-0.4, -0.2) is 32.5 Å². The summed E-state index contributed by atoms with van der Waals surface area (Å²) >= 11 is 0.222. The number of hydrogen-bond donors (Lipinski definition) is 0. The van der Waals surface area contributed by atoms with Crippen molar-refractivity contribution in [2.45, 2.75) is 46.8 Å². The van der Waals surface area contributed by atoms with Gasteiger partial charge in [-0.3, -0.25) is 0 Å². The van der Waals surface area contributed by atoms with Gasteiger partial charge in [0.15, 0.2) is 0 Å². The minimum absolute atomic E-state index is 0.222. The van der Waals surface area contributed by atoms with E-state index in [-0.39, 0.29) is 19.9 Å². The van der Waals surface area contributed by atoms with Gasteiger partial charge in [-0.15, -0.1) is 0 Å². The van der Waals surface area contributed by atoms with Gasteiger partial charge in [0.05, 0.1) is 0 Å². The third-order valence-electron chi connectivity index (χ3n) is 5.99. The minimum atomic E-state index is -1.52. The van der Waals surface area contributed by atoms with Crippen LogP contribution < -0.4 is 5.19 Å². The Morgan fingerprint density at radius 3 is 2.41 bits per heavy atom. The van der Waals surface area contributed by atoms with E-state index in [0.717, 1.165) is 17.6 Å². The van der Waals surface area contributed by atoms with E-state index in [4.69, 9.17) is 9.97 Å². The van der Waals surface area contributed by atoms with Gasteiger partial charge in [-0.2, -0.15) is 0 Å². The third-order valence-corrected chi connectivity index (χ3v) is 10.4. The molecule has 0 radical (unpaired) electrons. The molecule has 0 spiro atoms. The number of fused-ring (bicyclic) bond motifs is 4. The summed E-state index contributed by atoms with van der Waals surface area (Å²) < 4.78 is 2.78. The SMILES string of the molecule is CC(C)(C)Cc1ccc2c(c1)[se]c1c(-c3cc([Si](C)(C)C)c4ccccc4c3)ncnc12. The van der Waals surface area contributed by atoms with Crippen LogP contribution in [0.3, 0.4) is 0 Å². The van der Waals surface area contributed by atoms with Crippen molar-refractivity contribution in [1.29, 1.82) is 0 Å². The first kappa shape index (κ1) is 21.6. The second kappa shape index (κ2) is 7.66. The zero-order valence-electron chi connectivity index (χ0n) is 19.8. The van der Waals surface area contributed by atoms with E-state index in [9.17, 15) is 0 Å². The Bertz CT molecular complexity index is 1470. The Morgan fingerprint density at radius 2 is 1.66 bits per heavy atom. The molecule has 0 aliphatic heterocycles. The number of hydrogen-bond acceptors (Lipinski definition) is 2. The van der Waals surface area contributed by atoms with Gasteiger partial charge in [-0.25, -0.2) is 0 Å². The van der Waals surface area contributed by atoms with Crippen molar-refractivity contribution in [3.63, 3.8) is 0 Å². The van der Waals surface area contributed by atoms with Gasteiger partial charge in [0.1, 0.15) is 0 Å². The van der Waals surface area contributed by atoms with Crippen LogP contribution in [0.1, 0.15) is 26.3 Å². The van der Waals surface area contributed by atoms with Crippen LogP contribution in [0.2, 0.25) is 19.6 Å². The number of benzene rings is 3. The van der Waals surface area contributed by atoms with E-state index in [1.165, 1.54) is 41.0 Å². The van der Waals surface area contributed by atoms with E-state index in [0.29, 0.717) is 0 Å². The van der Waals surface area contributed by atoms with Gasteiger partial charge >= 0.3 is 198 Å². The Morgan fingerprint density at radius 1 is 0.875 bits per heavy atom. The molecule has 4 heteroatoms. The molecule has 0 bridgehead atoms. The fraction of sp³-hybridized carbons (Fsp3) is 0.286. The maximum atomic E-state index is 4.84. The molecule has 5 aromatic rings. The summed E-state index contributed by atoms with van der Waals surface area (Å²) in [7, 11) is -1.52. The van der Waals surface area contributed by atoms with E-state index in [1.807, 2.05) is 0 Å². The van der Waals surface area contributed by atoms with Crippen LogP contribution in [0.5, 0.6) is 0 Å². The second-order valence-electron chi connectivity index (χ2n) is 11.1. The molecule has 0 aliphatic carbocycles. The Hall–Kier alpha value is -2.26. The molecule has 0 saturated heterocycles. The molecule has 0 fully saturated rings. The first-order valence-corrected chi connectivity index (χ1v) is 16.5. The molecule has 32 heavy (non-hydrogen) atoms. The Kier molecular flexibility index (Phi) is 5.16. The van der Waals surface area contributed by atoms with E-state index >= 15 is 0 Å². The van der Waals surface area contributed by atoms with Crippen molar-refractivity contribution >= 4 is 58.0 Å². The van der Waals surface area contributed by atoms with E-state index < -0.39 is 8.07 Å². The van der Waals surface area contributed by atoms with Crippen LogP contribution in [-0.2, 0) is 6.42 Å². The molecule has 2 nitrogen and oxygen atoms in total. The van der Waals surface area contributed by atoms with Crippen LogP contribution in [0.15, 0.2) is 60.9 Å². The molecule has 0 aliphatic rings. The average Bonchev–Trinajstić information content (AvgIpc) is 3.08. The van der Waals surface area contributed by atoms with Gasteiger partial charge in [-0.05, 0) is 0 Å². The zero-order valence-corrected chi connectivity index (χ0v) is 22.5. The molecule has 0 unspecified atom stereocenters. The van der Waals surface area contributed by atoms with Crippen molar-refractivity contribution in [3.05, 3.63) is 66.5 Å². The quantitative estimate of drug-likeness (QED) is 0.254. The Balaban J connectivity index is 1.74. The van der Waals surface area contributed by atoms with Crippen molar-refractivity contribution in [1.82, 2.24) is 9.97 Å². The fourth-order valence-corrected chi connectivity index (χ4v) is 8.82. The summed E-state index contributed by atoms with van der Waals surface area (Å²) in [6, 6.07) is 20.5. The van der Waals surface area contributed by atoms with Crippen molar-refractivity contribution in [3.8, 4) is 11.3 Å². The predicted molar refractivity (Wildman–Crippen MR) is 143 cm³/mol. The second-order valence-corrected chi connectivity index (χ2v) is 18.3. The summed E-state index contributed by atoms with van der Waals surface area (Å²) in [6.45, 7) is 14.2. The predicted octanol–water partition coefficient (Wildman–Crippen LogP) is 6.79. The number of nitrogens with zero attached hydrogens (tertiary/aromatic N) is 2. The van der Waals surface area contributed by atoms with Gasteiger partial charge in [0.2, 0.25) is 0 Å². The van der Waals surface area contributed by atoms with Gasteiger partial charge in [0.25, 0.3) is 0 Å². The number of rotatable bonds is 3.